The third-order valence-corrected chi connectivity index (χ3v) is 4.14. The summed E-state index contributed by atoms with van der Waals surface area (Å²) in [4.78, 5) is 11.4. The van der Waals surface area contributed by atoms with Crippen molar-refractivity contribution in [3.8, 4) is 0 Å². The summed E-state index contributed by atoms with van der Waals surface area (Å²) in [6.07, 6.45) is 2.34. The van der Waals surface area contributed by atoms with Crippen molar-refractivity contribution in [1.82, 2.24) is 0 Å². The summed E-state index contributed by atoms with van der Waals surface area (Å²) >= 11 is 1.70. The number of methoxy groups -OCH3 is 1. The first-order valence-corrected chi connectivity index (χ1v) is 6.13. The summed E-state index contributed by atoms with van der Waals surface area (Å²) in [7, 11) is 1.46. The van der Waals surface area contributed by atoms with Gasteiger partial charge >= 0.3 is 5.97 Å². The molecule has 0 aromatic heterocycles. The van der Waals surface area contributed by atoms with Crippen molar-refractivity contribution in [3.05, 3.63) is 0 Å². The van der Waals surface area contributed by atoms with E-state index in [-0.39, 0.29) is 11.2 Å². The second-order valence-corrected chi connectivity index (χ2v) is 5.13. The van der Waals surface area contributed by atoms with Crippen molar-refractivity contribution < 1.29 is 9.53 Å². The topological polar surface area (TPSA) is 52.3 Å². The van der Waals surface area contributed by atoms with E-state index in [1.54, 1.807) is 11.8 Å². The highest BCUT2D eigenvalue weighted by Gasteiger charge is 2.37. The predicted molar refractivity (Wildman–Crippen MR) is 59.2 cm³/mol. The molecule has 82 valence electrons. The van der Waals surface area contributed by atoms with E-state index < -0.39 is 0 Å². The summed E-state index contributed by atoms with van der Waals surface area (Å²) in [5.74, 6) is 1.91. The van der Waals surface area contributed by atoms with Gasteiger partial charge in [0, 0.05) is 0 Å². The molecule has 0 aliphatic heterocycles. The molecule has 0 saturated heterocycles. The maximum Gasteiger partial charge on any atom is 0.319 e. The van der Waals surface area contributed by atoms with E-state index in [9.17, 15) is 4.79 Å². The summed E-state index contributed by atoms with van der Waals surface area (Å²) < 4.78 is 4.79. The van der Waals surface area contributed by atoms with Crippen LogP contribution in [-0.4, -0.2) is 30.6 Å². The first-order valence-electron chi connectivity index (χ1n) is 5.08. The Hall–Kier alpha value is -0.220. The Balaban J connectivity index is 2.32. The predicted octanol–water partition coefficient (Wildman–Crippen LogP) is 1.27. The van der Waals surface area contributed by atoms with Gasteiger partial charge in [-0.05, 0) is 37.0 Å². The van der Waals surface area contributed by atoms with Gasteiger partial charge in [-0.25, -0.2) is 0 Å². The van der Waals surface area contributed by atoms with E-state index >= 15 is 0 Å². The molecule has 0 amide bonds. The van der Waals surface area contributed by atoms with Crippen LogP contribution in [0.5, 0.6) is 0 Å². The highest BCUT2D eigenvalue weighted by molar-refractivity contribution is 8.00. The summed E-state index contributed by atoms with van der Waals surface area (Å²) in [6.45, 7) is 2.79. The average molecular weight is 217 g/mol. The van der Waals surface area contributed by atoms with Crippen LogP contribution in [0, 0.1) is 11.8 Å². The molecule has 0 spiro atoms. The van der Waals surface area contributed by atoms with Crippen LogP contribution >= 0.6 is 11.8 Å². The molecule has 0 aromatic carbocycles. The van der Waals surface area contributed by atoms with Crippen LogP contribution in [0.15, 0.2) is 0 Å². The monoisotopic (exact) mass is 217 g/mol. The molecular formula is C10H19NO2S. The van der Waals surface area contributed by atoms with Gasteiger partial charge < -0.3 is 10.5 Å². The van der Waals surface area contributed by atoms with Gasteiger partial charge in [0.1, 0.15) is 5.25 Å². The highest BCUT2D eigenvalue weighted by atomic mass is 32.2. The van der Waals surface area contributed by atoms with Crippen molar-refractivity contribution in [2.24, 2.45) is 17.6 Å². The second-order valence-electron chi connectivity index (χ2n) is 3.96. The lowest BCUT2D eigenvalue weighted by molar-refractivity contribution is -0.140. The van der Waals surface area contributed by atoms with Crippen LogP contribution in [-0.2, 0) is 9.53 Å². The zero-order chi connectivity index (χ0) is 10.6. The first-order chi connectivity index (χ1) is 6.69. The number of carbonyl (C=O) groups excluding carboxylic acids is 1. The summed E-state index contributed by atoms with van der Waals surface area (Å²) in [5.41, 5.74) is 5.53. The Morgan fingerprint density at radius 2 is 2.29 bits per heavy atom. The van der Waals surface area contributed by atoms with Crippen LogP contribution < -0.4 is 5.73 Å². The fraction of sp³-hybridized carbons (Fsp3) is 0.900. The molecule has 1 aliphatic carbocycles. The number of hydrogen-bond acceptors (Lipinski definition) is 4. The van der Waals surface area contributed by atoms with Crippen LogP contribution in [0.1, 0.15) is 19.8 Å². The Morgan fingerprint density at radius 1 is 1.64 bits per heavy atom. The average Bonchev–Trinajstić information content (AvgIpc) is 3.01. The molecule has 2 unspecified atom stereocenters. The van der Waals surface area contributed by atoms with Gasteiger partial charge in [-0.1, -0.05) is 6.92 Å². The Labute approximate surface area is 89.8 Å². The molecule has 1 fully saturated rings. The Morgan fingerprint density at radius 3 is 2.71 bits per heavy atom. The smallest absolute Gasteiger partial charge is 0.319 e. The molecule has 1 saturated carbocycles. The largest absolute Gasteiger partial charge is 0.468 e. The van der Waals surface area contributed by atoms with Gasteiger partial charge in [0.2, 0.25) is 0 Å². The number of rotatable bonds is 6. The van der Waals surface area contributed by atoms with Crippen molar-refractivity contribution in [3.63, 3.8) is 0 Å². The van der Waals surface area contributed by atoms with E-state index in [0.717, 1.165) is 5.75 Å². The minimum absolute atomic E-state index is 0.0500. The van der Waals surface area contributed by atoms with Gasteiger partial charge in [-0.3, -0.25) is 4.79 Å². The van der Waals surface area contributed by atoms with E-state index in [0.29, 0.717) is 18.4 Å². The summed E-state index contributed by atoms with van der Waals surface area (Å²) in [6, 6.07) is 0. The lowest BCUT2D eigenvalue weighted by Crippen LogP contribution is -2.23. The van der Waals surface area contributed by atoms with E-state index in [2.05, 4.69) is 6.92 Å². The zero-order valence-corrected chi connectivity index (χ0v) is 9.68. The quantitative estimate of drug-likeness (QED) is 0.681. The Kier molecular flexibility index (Phi) is 4.75. The van der Waals surface area contributed by atoms with Crippen LogP contribution in [0.2, 0.25) is 0 Å². The lowest BCUT2D eigenvalue weighted by atomic mass is 10.2. The molecule has 1 aliphatic rings. The second kappa shape index (κ2) is 5.61. The zero-order valence-electron chi connectivity index (χ0n) is 8.86. The standard InChI is InChI=1S/C10H19NO2S/c1-7(5-11)6-14-9(8-3-4-8)10(12)13-2/h7-9H,3-6,11H2,1-2H3. The van der Waals surface area contributed by atoms with Gasteiger partial charge in [-0.2, -0.15) is 0 Å². The van der Waals surface area contributed by atoms with Crippen molar-refractivity contribution in [2.75, 3.05) is 19.4 Å². The fourth-order valence-electron chi connectivity index (χ4n) is 1.25. The molecular weight excluding hydrogens is 198 g/mol. The highest BCUT2D eigenvalue weighted by Crippen LogP contribution is 2.39. The van der Waals surface area contributed by atoms with Crippen molar-refractivity contribution in [2.45, 2.75) is 25.0 Å². The number of esters is 1. The molecule has 4 heteroatoms. The molecule has 2 atom stereocenters. The van der Waals surface area contributed by atoms with Gasteiger partial charge in [0.15, 0.2) is 0 Å². The van der Waals surface area contributed by atoms with Crippen molar-refractivity contribution >= 4 is 17.7 Å². The normalized spacial score (nSPS) is 20.2. The molecule has 0 aromatic rings. The van der Waals surface area contributed by atoms with E-state index in [4.69, 9.17) is 10.5 Å². The van der Waals surface area contributed by atoms with Crippen LogP contribution in [0.4, 0.5) is 0 Å². The third kappa shape index (κ3) is 3.50. The minimum Gasteiger partial charge on any atom is -0.468 e. The van der Waals surface area contributed by atoms with Crippen LogP contribution in [0.25, 0.3) is 0 Å². The number of thioether (sulfide) groups is 1. The van der Waals surface area contributed by atoms with E-state index in [1.165, 1.54) is 20.0 Å². The minimum atomic E-state index is -0.0679. The van der Waals surface area contributed by atoms with Gasteiger partial charge in [0.05, 0.1) is 7.11 Å². The molecule has 14 heavy (non-hydrogen) atoms. The van der Waals surface area contributed by atoms with Crippen molar-refractivity contribution in [1.29, 1.82) is 0 Å². The SMILES string of the molecule is COC(=O)C(SCC(C)CN)C1CC1. The summed E-state index contributed by atoms with van der Waals surface area (Å²) in [5, 5.41) is 0.0500. The van der Waals surface area contributed by atoms with Gasteiger partial charge in [-0.15, -0.1) is 11.8 Å². The first kappa shape index (κ1) is 11.9. The fourth-order valence-corrected chi connectivity index (χ4v) is 2.70. The lowest BCUT2D eigenvalue weighted by Gasteiger charge is -2.15. The third-order valence-electron chi connectivity index (χ3n) is 2.45. The molecule has 3 nitrogen and oxygen atoms in total. The Bertz CT molecular complexity index is 195. The number of carbonyl (C=O) groups is 1. The number of hydrogen-bond donors (Lipinski definition) is 1. The number of ether oxygens (including phenoxy) is 1. The molecule has 0 radical (unpaired) electrons. The maximum atomic E-state index is 11.4. The molecule has 1 rings (SSSR count). The van der Waals surface area contributed by atoms with E-state index in [1.807, 2.05) is 0 Å². The van der Waals surface area contributed by atoms with Gasteiger partial charge in [0.25, 0.3) is 0 Å². The molecule has 0 bridgehead atoms. The number of nitrogens with two attached hydrogens (primary N) is 1. The van der Waals surface area contributed by atoms with Crippen LogP contribution in [0.3, 0.4) is 0 Å². The maximum absolute atomic E-state index is 11.4. The molecule has 0 heterocycles. The molecule has 2 N–H and O–H groups in total.